The summed E-state index contributed by atoms with van der Waals surface area (Å²) in [6.07, 6.45) is 7.17. The molecule has 0 saturated carbocycles. The Kier molecular flexibility index (Phi) is 6.42. The molecule has 0 spiro atoms. The van der Waals surface area contributed by atoms with Crippen LogP contribution in [0, 0.1) is 5.92 Å². The second-order valence-corrected chi connectivity index (χ2v) is 7.11. The highest BCUT2D eigenvalue weighted by Gasteiger charge is 2.16. The van der Waals surface area contributed by atoms with E-state index < -0.39 is 0 Å². The molecule has 1 N–H and O–H groups in total. The Labute approximate surface area is 165 Å². The van der Waals surface area contributed by atoms with Crippen molar-refractivity contribution in [1.82, 2.24) is 9.99 Å². The fourth-order valence-electron chi connectivity index (χ4n) is 3.14. The Hall–Kier alpha value is -3.15. The summed E-state index contributed by atoms with van der Waals surface area (Å²) in [6.45, 7) is 6.15. The van der Waals surface area contributed by atoms with Gasteiger partial charge in [-0.1, -0.05) is 32.1 Å². The maximum absolute atomic E-state index is 11.3. The van der Waals surface area contributed by atoms with E-state index in [1.165, 1.54) is 6.07 Å². The quantitative estimate of drug-likeness (QED) is 0.738. The summed E-state index contributed by atoms with van der Waals surface area (Å²) in [5, 5.41) is 16.4. The number of hydrogen-bond donors (Lipinski definition) is 1. The smallest absolute Gasteiger partial charge is 0.157 e. The second kappa shape index (κ2) is 9.17. The van der Waals surface area contributed by atoms with Crippen molar-refractivity contribution in [2.75, 3.05) is 13.1 Å². The average Bonchev–Trinajstić information content (AvgIpc) is 2.91. The van der Waals surface area contributed by atoms with Crippen LogP contribution in [0.3, 0.4) is 0 Å². The van der Waals surface area contributed by atoms with Gasteiger partial charge in [-0.2, -0.15) is 5.10 Å². The highest BCUT2D eigenvalue weighted by molar-refractivity contribution is 5.83. The van der Waals surface area contributed by atoms with Crippen LogP contribution < -0.4 is 4.74 Å². The largest absolute Gasteiger partial charge is 0.507 e. The SMILES string of the molecule is CC(C)CN1CC(c2ncccc2COc2cccc(O)c2C=O)=CCC=N1. The number of carbonyl (C=O) groups excluding carboxylic acids is 1. The lowest BCUT2D eigenvalue weighted by atomic mass is 10.0. The van der Waals surface area contributed by atoms with Crippen LogP contribution in [-0.4, -0.2) is 40.7 Å². The van der Waals surface area contributed by atoms with Gasteiger partial charge in [0.2, 0.25) is 0 Å². The summed E-state index contributed by atoms with van der Waals surface area (Å²) >= 11 is 0. The lowest BCUT2D eigenvalue weighted by Crippen LogP contribution is -2.24. The van der Waals surface area contributed by atoms with Gasteiger partial charge < -0.3 is 9.84 Å². The number of aromatic nitrogens is 1. The predicted octanol–water partition coefficient (Wildman–Crippen LogP) is 3.91. The van der Waals surface area contributed by atoms with Crippen molar-refractivity contribution in [3.8, 4) is 11.5 Å². The number of hydrogen-bond acceptors (Lipinski definition) is 6. The Morgan fingerprint density at radius 3 is 2.93 bits per heavy atom. The number of rotatable bonds is 7. The van der Waals surface area contributed by atoms with E-state index in [9.17, 15) is 9.90 Å². The topological polar surface area (TPSA) is 75.0 Å². The minimum atomic E-state index is -0.0909. The fourth-order valence-corrected chi connectivity index (χ4v) is 3.14. The third-order valence-electron chi connectivity index (χ3n) is 4.38. The van der Waals surface area contributed by atoms with Crippen LogP contribution in [0.2, 0.25) is 0 Å². The zero-order valence-corrected chi connectivity index (χ0v) is 16.2. The number of phenols is 1. The van der Waals surface area contributed by atoms with Gasteiger partial charge in [0, 0.05) is 30.9 Å². The summed E-state index contributed by atoms with van der Waals surface area (Å²) in [4.78, 5) is 15.8. The van der Waals surface area contributed by atoms with E-state index in [1.807, 2.05) is 18.3 Å². The lowest BCUT2D eigenvalue weighted by Gasteiger charge is -2.22. The van der Waals surface area contributed by atoms with Gasteiger partial charge in [-0.25, -0.2) is 0 Å². The first-order chi connectivity index (χ1) is 13.6. The maximum Gasteiger partial charge on any atom is 0.157 e. The van der Waals surface area contributed by atoms with E-state index in [0.717, 1.165) is 29.8 Å². The number of carbonyl (C=O) groups is 1. The molecule has 1 aliphatic heterocycles. The highest BCUT2D eigenvalue weighted by atomic mass is 16.5. The minimum Gasteiger partial charge on any atom is -0.507 e. The molecule has 6 heteroatoms. The number of aromatic hydroxyl groups is 1. The molecule has 28 heavy (non-hydrogen) atoms. The first kappa shape index (κ1) is 19.6. The van der Waals surface area contributed by atoms with E-state index in [1.54, 1.807) is 18.3 Å². The number of phenolic OH excluding ortho intramolecular Hbond substituents is 1. The summed E-state index contributed by atoms with van der Waals surface area (Å²) in [5.74, 6) is 0.770. The average molecular weight is 379 g/mol. The zero-order valence-electron chi connectivity index (χ0n) is 16.2. The molecule has 1 aromatic carbocycles. The number of aldehydes is 1. The number of benzene rings is 1. The van der Waals surface area contributed by atoms with E-state index in [2.05, 4.69) is 35.0 Å². The van der Waals surface area contributed by atoms with Gasteiger partial charge in [0.1, 0.15) is 18.1 Å². The zero-order chi connectivity index (χ0) is 19.9. The van der Waals surface area contributed by atoms with E-state index in [-0.39, 0.29) is 17.9 Å². The molecule has 2 heterocycles. The van der Waals surface area contributed by atoms with Crippen molar-refractivity contribution < 1.29 is 14.6 Å². The highest BCUT2D eigenvalue weighted by Crippen LogP contribution is 2.27. The van der Waals surface area contributed by atoms with Gasteiger partial charge in [-0.3, -0.25) is 14.8 Å². The monoisotopic (exact) mass is 379 g/mol. The summed E-state index contributed by atoms with van der Waals surface area (Å²) in [6, 6.07) is 8.61. The van der Waals surface area contributed by atoms with Gasteiger partial charge in [0.05, 0.1) is 17.8 Å². The molecular formula is C22H25N3O3. The van der Waals surface area contributed by atoms with Gasteiger partial charge >= 0.3 is 0 Å². The number of allylic oxidation sites excluding steroid dienone is 1. The molecule has 6 nitrogen and oxygen atoms in total. The molecule has 0 radical (unpaired) electrons. The van der Waals surface area contributed by atoms with Crippen molar-refractivity contribution in [3.63, 3.8) is 0 Å². The summed E-state index contributed by atoms with van der Waals surface area (Å²) in [5.41, 5.74) is 3.04. The molecule has 146 valence electrons. The molecule has 1 aromatic heterocycles. The Morgan fingerprint density at radius 2 is 2.14 bits per heavy atom. The number of nitrogens with zero attached hydrogens (tertiary/aromatic N) is 3. The molecule has 0 atom stereocenters. The van der Waals surface area contributed by atoms with Crippen LogP contribution in [0.25, 0.3) is 5.57 Å². The van der Waals surface area contributed by atoms with E-state index >= 15 is 0 Å². The Morgan fingerprint density at radius 1 is 1.29 bits per heavy atom. The van der Waals surface area contributed by atoms with Gasteiger partial charge in [0.25, 0.3) is 0 Å². The third kappa shape index (κ3) is 4.76. The minimum absolute atomic E-state index is 0.0909. The first-order valence-corrected chi connectivity index (χ1v) is 9.39. The van der Waals surface area contributed by atoms with Crippen LogP contribution in [0.5, 0.6) is 11.5 Å². The van der Waals surface area contributed by atoms with Crippen LogP contribution in [0.1, 0.15) is 41.9 Å². The van der Waals surface area contributed by atoms with Crippen molar-refractivity contribution >= 4 is 18.1 Å². The summed E-state index contributed by atoms with van der Waals surface area (Å²) < 4.78 is 5.85. The molecule has 3 rings (SSSR count). The molecule has 0 fully saturated rings. The summed E-state index contributed by atoms with van der Waals surface area (Å²) in [7, 11) is 0. The first-order valence-electron chi connectivity index (χ1n) is 9.39. The number of hydrazone groups is 1. The molecule has 0 aliphatic carbocycles. The molecule has 0 unspecified atom stereocenters. The molecule has 0 amide bonds. The standard InChI is InChI=1S/C22H25N3O3/c1-16(2)12-25-13-17(6-5-11-24-25)22-18(7-4-10-23-22)15-28-21-9-3-8-20(27)19(21)14-26/h3-4,6-11,14,16,27H,5,12-13,15H2,1-2H3. The maximum atomic E-state index is 11.3. The van der Waals surface area contributed by atoms with Crippen LogP contribution in [-0.2, 0) is 6.61 Å². The Bertz CT molecular complexity index is 890. The fraction of sp³-hybridized carbons (Fsp3) is 0.318. The molecule has 1 aliphatic rings. The van der Waals surface area contributed by atoms with Crippen molar-refractivity contribution in [2.24, 2.45) is 11.0 Å². The molecule has 0 bridgehead atoms. The van der Waals surface area contributed by atoms with Gasteiger partial charge in [-0.15, -0.1) is 0 Å². The predicted molar refractivity (Wildman–Crippen MR) is 110 cm³/mol. The van der Waals surface area contributed by atoms with Crippen LogP contribution in [0.4, 0.5) is 0 Å². The van der Waals surface area contributed by atoms with E-state index in [0.29, 0.717) is 24.5 Å². The van der Waals surface area contributed by atoms with Gasteiger partial charge in [0.15, 0.2) is 6.29 Å². The van der Waals surface area contributed by atoms with Gasteiger partial charge in [-0.05, 0) is 29.7 Å². The van der Waals surface area contributed by atoms with Crippen LogP contribution >= 0.6 is 0 Å². The van der Waals surface area contributed by atoms with Crippen molar-refractivity contribution in [1.29, 1.82) is 0 Å². The lowest BCUT2D eigenvalue weighted by molar-refractivity contribution is 0.111. The molecule has 0 saturated heterocycles. The van der Waals surface area contributed by atoms with Crippen molar-refractivity contribution in [3.05, 3.63) is 59.4 Å². The number of pyridine rings is 1. The normalized spacial score (nSPS) is 14.0. The number of ether oxygens (including phenoxy) is 1. The van der Waals surface area contributed by atoms with E-state index in [4.69, 9.17) is 4.74 Å². The van der Waals surface area contributed by atoms with Crippen LogP contribution in [0.15, 0.2) is 47.7 Å². The molecule has 2 aromatic rings. The third-order valence-corrected chi connectivity index (χ3v) is 4.38. The van der Waals surface area contributed by atoms with Crippen molar-refractivity contribution in [2.45, 2.75) is 26.9 Å². The molecular weight excluding hydrogens is 354 g/mol. The second-order valence-electron chi connectivity index (χ2n) is 7.11. The Balaban J connectivity index is 1.81.